The average molecular weight is 255 g/mol. The first-order valence-electron chi connectivity index (χ1n) is 4.22. The zero-order chi connectivity index (χ0) is 11.0. The van der Waals surface area contributed by atoms with E-state index in [-0.39, 0.29) is 0 Å². The summed E-state index contributed by atoms with van der Waals surface area (Å²) >= 11 is 8.71. The third kappa shape index (κ3) is 5.28. The van der Waals surface area contributed by atoms with Crippen LogP contribution in [0.15, 0.2) is 0 Å². The first kappa shape index (κ1) is 14.3. The molecule has 1 N–H and O–H groups in total. The zero-order valence-electron chi connectivity index (χ0n) is 8.70. The van der Waals surface area contributed by atoms with Gasteiger partial charge >= 0.3 is 8.80 Å². The molecule has 0 heterocycles. The number of thiocarbonyl (C=S) groups is 1. The van der Waals surface area contributed by atoms with Crippen LogP contribution in [-0.4, -0.2) is 41.0 Å². The summed E-state index contributed by atoms with van der Waals surface area (Å²) in [5, 5.41) is 2.94. The highest BCUT2D eigenvalue weighted by Gasteiger charge is 2.36. The minimum absolute atomic E-state index is 0.504. The Labute approximate surface area is 97.1 Å². The second kappa shape index (κ2) is 7.61. The molecule has 4 nitrogen and oxygen atoms in total. The summed E-state index contributed by atoms with van der Waals surface area (Å²) in [6, 6.07) is 0.764. The quantitative estimate of drug-likeness (QED) is 0.308. The van der Waals surface area contributed by atoms with Crippen molar-refractivity contribution in [1.29, 1.82) is 0 Å². The summed E-state index contributed by atoms with van der Waals surface area (Å²) in [7, 11) is 2.42. The van der Waals surface area contributed by atoms with Crippen molar-refractivity contribution >= 4 is 38.0 Å². The molecule has 7 heteroatoms. The van der Waals surface area contributed by atoms with Crippen molar-refractivity contribution in [3.63, 3.8) is 0 Å². The summed E-state index contributed by atoms with van der Waals surface area (Å²) in [6.07, 6.45) is 0.877. The van der Waals surface area contributed by atoms with E-state index in [1.165, 1.54) is 0 Å². The van der Waals surface area contributed by atoms with E-state index < -0.39 is 8.80 Å². The molecular weight excluding hydrogens is 238 g/mol. The molecule has 0 rings (SSSR count). The minimum atomic E-state index is -2.40. The van der Waals surface area contributed by atoms with Crippen LogP contribution in [0.5, 0.6) is 0 Å². The van der Waals surface area contributed by atoms with Gasteiger partial charge in [-0.25, -0.2) is 0 Å². The Morgan fingerprint density at radius 1 is 1.29 bits per heavy atom. The molecule has 0 aliphatic carbocycles. The van der Waals surface area contributed by atoms with E-state index >= 15 is 0 Å². The molecule has 14 heavy (non-hydrogen) atoms. The number of hydrogen-bond acceptors (Lipinski definition) is 4. The van der Waals surface area contributed by atoms with Gasteiger partial charge in [-0.3, -0.25) is 0 Å². The fourth-order valence-electron chi connectivity index (χ4n) is 1.06. The van der Waals surface area contributed by atoms with Crippen molar-refractivity contribution in [2.45, 2.75) is 12.5 Å². The highest BCUT2D eigenvalue weighted by molar-refractivity contribution is 8.11. The van der Waals surface area contributed by atoms with Gasteiger partial charge in [0.05, 0.1) is 0 Å². The second-order valence-corrected chi connectivity index (χ2v) is 6.88. The summed E-state index contributed by atoms with van der Waals surface area (Å²) in [5.74, 6) is 0. The van der Waals surface area contributed by atoms with Crippen LogP contribution in [0.25, 0.3) is 0 Å². The van der Waals surface area contributed by atoms with Gasteiger partial charge in [0.25, 0.3) is 0 Å². The molecule has 0 aliphatic rings. The van der Waals surface area contributed by atoms with Crippen molar-refractivity contribution in [3.8, 4) is 0 Å². The topological polar surface area (TPSA) is 39.7 Å². The monoisotopic (exact) mass is 255 g/mol. The van der Waals surface area contributed by atoms with Gasteiger partial charge in [-0.05, 0) is 6.42 Å². The second-order valence-electron chi connectivity index (χ2n) is 2.63. The molecule has 0 aromatic heterocycles. The maximum atomic E-state index is 5.26. The number of hydrogen-bond donors (Lipinski definition) is 2. The van der Waals surface area contributed by atoms with Crippen molar-refractivity contribution < 1.29 is 13.3 Å². The van der Waals surface area contributed by atoms with Crippen LogP contribution in [0, 0.1) is 0 Å². The van der Waals surface area contributed by atoms with Crippen molar-refractivity contribution in [3.05, 3.63) is 0 Å². The smallest absolute Gasteiger partial charge is 0.377 e. The standard InChI is InChI=1S/C7H17NO3S2Si/c1-9-14(10-2,11-3)6-4-5-8-7(12)13/h4-6H2,1-3H3,(H2,8,12,13). The van der Waals surface area contributed by atoms with E-state index in [0.29, 0.717) is 4.32 Å². The molecule has 0 amide bonds. The van der Waals surface area contributed by atoms with E-state index in [1.807, 2.05) is 0 Å². The predicted molar refractivity (Wildman–Crippen MR) is 65.8 cm³/mol. The molecular formula is C7H17NO3S2Si. The van der Waals surface area contributed by atoms with E-state index in [9.17, 15) is 0 Å². The normalized spacial score (nSPS) is 11.4. The molecule has 0 aromatic rings. The molecule has 84 valence electrons. The van der Waals surface area contributed by atoms with Crippen LogP contribution in [0.1, 0.15) is 6.42 Å². The molecule has 0 radical (unpaired) electrons. The Morgan fingerprint density at radius 3 is 2.14 bits per heavy atom. The third-order valence-corrected chi connectivity index (χ3v) is 5.00. The lowest BCUT2D eigenvalue weighted by Gasteiger charge is -2.24. The van der Waals surface area contributed by atoms with E-state index in [0.717, 1.165) is 19.0 Å². The molecule has 0 saturated heterocycles. The average Bonchev–Trinajstić information content (AvgIpc) is 2.19. The fraction of sp³-hybridized carbons (Fsp3) is 0.857. The Morgan fingerprint density at radius 2 is 1.79 bits per heavy atom. The van der Waals surface area contributed by atoms with Crippen LogP contribution in [-0.2, 0) is 13.3 Å². The van der Waals surface area contributed by atoms with Crippen molar-refractivity contribution in [2.24, 2.45) is 0 Å². The molecule has 0 saturated carbocycles. The van der Waals surface area contributed by atoms with E-state index in [2.05, 4.69) is 17.9 Å². The predicted octanol–water partition coefficient (Wildman–Crippen LogP) is 1.06. The van der Waals surface area contributed by atoms with Gasteiger partial charge in [-0.2, -0.15) is 0 Å². The van der Waals surface area contributed by atoms with Crippen LogP contribution >= 0.6 is 24.8 Å². The summed E-state index contributed by atoms with van der Waals surface area (Å²) in [4.78, 5) is 0. The summed E-state index contributed by atoms with van der Waals surface area (Å²) in [5.41, 5.74) is 0. The molecule has 0 unspecified atom stereocenters. The van der Waals surface area contributed by atoms with Crippen molar-refractivity contribution in [2.75, 3.05) is 27.9 Å². The highest BCUT2D eigenvalue weighted by Crippen LogP contribution is 2.14. The van der Waals surface area contributed by atoms with Crippen LogP contribution in [0.4, 0.5) is 0 Å². The Kier molecular flexibility index (Phi) is 7.79. The lowest BCUT2D eigenvalue weighted by molar-refractivity contribution is 0.123. The Balaban J connectivity index is 3.77. The largest absolute Gasteiger partial charge is 0.500 e. The first-order chi connectivity index (χ1) is 6.60. The zero-order valence-corrected chi connectivity index (χ0v) is 11.4. The molecule has 0 fully saturated rings. The van der Waals surface area contributed by atoms with Crippen molar-refractivity contribution in [1.82, 2.24) is 5.32 Å². The molecule has 0 spiro atoms. The van der Waals surface area contributed by atoms with Gasteiger partial charge in [0.1, 0.15) is 4.32 Å². The lowest BCUT2D eigenvalue weighted by atomic mass is 10.5. The lowest BCUT2D eigenvalue weighted by Crippen LogP contribution is -2.43. The molecule has 0 bridgehead atoms. The first-order valence-corrected chi connectivity index (χ1v) is 7.01. The van der Waals surface area contributed by atoms with Crippen LogP contribution in [0.2, 0.25) is 6.04 Å². The number of rotatable bonds is 7. The minimum Gasteiger partial charge on any atom is -0.377 e. The van der Waals surface area contributed by atoms with Gasteiger partial charge in [0.15, 0.2) is 0 Å². The van der Waals surface area contributed by atoms with Gasteiger partial charge in [0, 0.05) is 33.9 Å². The van der Waals surface area contributed by atoms with Gasteiger partial charge in [-0.15, -0.1) is 12.6 Å². The maximum Gasteiger partial charge on any atom is 0.500 e. The number of thiol groups is 1. The van der Waals surface area contributed by atoms with E-state index in [4.69, 9.17) is 25.5 Å². The van der Waals surface area contributed by atoms with Crippen LogP contribution < -0.4 is 5.32 Å². The van der Waals surface area contributed by atoms with E-state index in [1.54, 1.807) is 21.3 Å². The molecule has 0 aromatic carbocycles. The third-order valence-electron chi connectivity index (χ3n) is 1.87. The van der Waals surface area contributed by atoms with Gasteiger partial charge in [-0.1, -0.05) is 12.2 Å². The van der Waals surface area contributed by atoms with Gasteiger partial charge < -0.3 is 18.6 Å². The fourth-order valence-corrected chi connectivity index (χ4v) is 2.99. The van der Waals surface area contributed by atoms with Gasteiger partial charge in [0.2, 0.25) is 0 Å². The van der Waals surface area contributed by atoms with Crippen LogP contribution in [0.3, 0.4) is 0 Å². The highest BCUT2D eigenvalue weighted by atomic mass is 32.1. The Hall–Kier alpha value is 0.337. The summed E-state index contributed by atoms with van der Waals surface area (Å²) < 4.78 is 16.3. The molecule has 0 atom stereocenters. The Bertz CT molecular complexity index is 170. The molecule has 0 aliphatic heterocycles. The number of nitrogens with one attached hydrogen (secondary N) is 1. The SMILES string of the molecule is CO[Si](CCCNC(=S)S)(OC)OC. The summed E-state index contributed by atoms with van der Waals surface area (Å²) in [6.45, 7) is 0.757. The maximum absolute atomic E-state index is 5.26.